The van der Waals surface area contributed by atoms with Crippen LogP contribution in [0, 0.1) is 0 Å². The van der Waals surface area contributed by atoms with Gasteiger partial charge in [-0.05, 0) is 61.7 Å². The Labute approximate surface area is 113 Å². The van der Waals surface area contributed by atoms with Crippen LogP contribution in [0.15, 0.2) is 36.5 Å². The Morgan fingerprint density at radius 2 is 1.95 bits per heavy atom. The Bertz CT molecular complexity index is 563. The fourth-order valence-corrected chi connectivity index (χ4v) is 2.50. The lowest BCUT2D eigenvalue weighted by Gasteiger charge is -2.08. The van der Waals surface area contributed by atoms with Crippen LogP contribution in [0.1, 0.15) is 23.2 Å². The van der Waals surface area contributed by atoms with Gasteiger partial charge in [0.1, 0.15) is 11.5 Å². The average Bonchev–Trinajstić information content (AvgIpc) is 2.89. The Kier molecular flexibility index (Phi) is 3.47. The summed E-state index contributed by atoms with van der Waals surface area (Å²) < 4.78 is 5.85. The smallest absolute Gasteiger partial charge is 0.145 e. The number of rotatable bonds is 4. The molecule has 3 nitrogen and oxygen atoms in total. The molecule has 2 aromatic rings. The first-order chi connectivity index (χ1) is 9.35. The van der Waals surface area contributed by atoms with Gasteiger partial charge in [0.2, 0.25) is 0 Å². The van der Waals surface area contributed by atoms with Gasteiger partial charge < -0.3 is 10.1 Å². The Hall–Kier alpha value is -1.87. The molecule has 0 radical (unpaired) electrons. The van der Waals surface area contributed by atoms with E-state index in [9.17, 15) is 0 Å². The standard InChI is InChI=1S/C16H18N2O/c1-17-10-14-6-8-16(11-18-14)19-15-7-5-12-3-2-4-13(12)9-15/h5-9,11,17H,2-4,10H2,1H3. The van der Waals surface area contributed by atoms with Gasteiger partial charge in [0, 0.05) is 6.54 Å². The van der Waals surface area contributed by atoms with Crippen LogP contribution < -0.4 is 10.1 Å². The summed E-state index contributed by atoms with van der Waals surface area (Å²) in [6, 6.07) is 10.3. The molecule has 0 spiro atoms. The zero-order valence-corrected chi connectivity index (χ0v) is 11.1. The molecule has 1 aliphatic rings. The molecule has 0 fully saturated rings. The maximum Gasteiger partial charge on any atom is 0.145 e. The minimum Gasteiger partial charge on any atom is -0.456 e. The van der Waals surface area contributed by atoms with Crippen molar-refractivity contribution < 1.29 is 4.74 Å². The third-order valence-corrected chi connectivity index (χ3v) is 3.46. The molecule has 1 aromatic carbocycles. The fraction of sp³-hybridized carbons (Fsp3) is 0.312. The molecule has 1 aromatic heterocycles. The normalized spacial score (nSPS) is 13.3. The second-order valence-electron chi connectivity index (χ2n) is 4.90. The molecule has 0 saturated carbocycles. The summed E-state index contributed by atoms with van der Waals surface area (Å²) in [5.74, 6) is 1.70. The van der Waals surface area contributed by atoms with Gasteiger partial charge in [0.05, 0.1) is 11.9 Å². The highest BCUT2D eigenvalue weighted by molar-refractivity contribution is 5.40. The van der Waals surface area contributed by atoms with Gasteiger partial charge in [-0.15, -0.1) is 0 Å². The third kappa shape index (κ3) is 2.76. The largest absolute Gasteiger partial charge is 0.456 e. The molecule has 3 rings (SSSR count). The average molecular weight is 254 g/mol. The van der Waals surface area contributed by atoms with Crippen LogP contribution in [-0.2, 0) is 19.4 Å². The van der Waals surface area contributed by atoms with Crippen LogP contribution >= 0.6 is 0 Å². The van der Waals surface area contributed by atoms with Crippen LogP contribution in [0.4, 0.5) is 0 Å². The number of nitrogens with zero attached hydrogens (tertiary/aromatic N) is 1. The Morgan fingerprint density at radius 3 is 2.74 bits per heavy atom. The number of aryl methyl sites for hydroxylation is 2. The van der Waals surface area contributed by atoms with E-state index in [1.54, 1.807) is 6.20 Å². The maximum atomic E-state index is 5.85. The number of hydrogen-bond donors (Lipinski definition) is 1. The maximum absolute atomic E-state index is 5.85. The van der Waals surface area contributed by atoms with Crippen molar-refractivity contribution in [1.29, 1.82) is 0 Å². The number of pyridine rings is 1. The minimum absolute atomic E-state index is 0.777. The fourth-order valence-electron chi connectivity index (χ4n) is 2.50. The minimum atomic E-state index is 0.777. The van der Waals surface area contributed by atoms with Crippen molar-refractivity contribution in [3.05, 3.63) is 53.3 Å². The van der Waals surface area contributed by atoms with Gasteiger partial charge in [0.15, 0.2) is 0 Å². The zero-order chi connectivity index (χ0) is 13.1. The summed E-state index contributed by atoms with van der Waals surface area (Å²) in [6.07, 6.45) is 5.42. The van der Waals surface area contributed by atoms with Gasteiger partial charge >= 0.3 is 0 Å². The van der Waals surface area contributed by atoms with E-state index in [0.29, 0.717) is 0 Å². The molecule has 0 aliphatic heterocycles. The van der Waals surface area contributed by atoms with Crippen molar-refractivity contribution in [3.8, 4) is 11.5 Å². The molecule has 98 valence electrons. The zero-order valence-electron chi connectivity index (χ0n) is 11.1. The first-order valence-corrected chi connectivity index (χ1v) is 6.74. The first kappa shape index (κ1) is 12.2. The highest BCUT2D eigenvalue weighted by Crippen LogP contribution is 2.28. The van der Waals surface area contributed by atoms with Gasteiger partial charge in [-0.2, -0.15) is 0 Å². The van der Waals surface area contributed by atoms with Crippen molar-refractivity contribution in [3.63, 3.8) is 0 Å². The van der Waals surface area contributed by atoms with Crippen molar-refractivity contribution >= 4 is 0 Å². The number of nitrogens with one attached hydrogen (secondary N) is 1. The molecule has 0 atom stereocenters. The van der Waals surface area contributed by atoms with Gasteiger partial charge in [-0.25, -0.2) is 0 Å². The predicted molar refractivity (Wildman–Crippen MR) is 75.5 cm³/mol. The lowest BCUT2D eigenvalue weighted by Crippen LogP contribution is -2.06. The van der Waals surface area contributed by atoms with Crippen molar-refractivity contribution in [2.45, 2.75) is 25.8 Å². The number of fused-ring (bicyclic) bond motifs is 1. The summed E-state index contributed by atoms with van der Waals surface area (Å²) in [7, 11) is 1.91. The Morgan fingerprint density at radius 1 is 1.11 bits per heavy atom. The Balaban J connectivity index is 1.74. The first-order valence-electron chi connectivity index (χ1n) is 6.74. The molecule has 0 unspecified atom stereocenters. The molecular weight excluding hydrogens is 236 g/mol. The second-order valence-corrected chi connectivity index (χ2v) is 4.90. The number of hydrogen-bond acceptors (Lipinski definition) is 3. The topological polar surface area (TPSA) is 34.1 Å². The van der Waals surface area contributed by atoms with E-state index in [4.69, 9.17) is 4.74 Å². The van der Waals surface area contributed by atoms with Crippen molar-refractivity contribution in [2.75, 3.05) is 7.05 Å². The molecule has 19 heavy (non-hydrogen) atoms. The highest BCUT2D eigenvalue weighted by Gasteiger charge is 2.11. The van der Waals surface area contributed by atoms with E-state index in [-0.39, 0.29) is 0 Å². The van der Waals surface area contributed by atoms with Crippen LogP contribution in [0.25, 0.3) is 0 Å². The summed E-state index contributed by atoms with van der Waals surface area (Å²) in [6.45, 7) is 0.777. The number of ether oxygens (including phenoxy) is 1. The van der Waals surface area contributed by atoms with Crippen LogP contribution in [0.3, 0.4) is 0 Å². The summed E-state index contributed by atoms with van der Waals surface area (Å²) >= 11 is 0. The second kappa shape index (κ2) is 5.41. The number of aromatic nitrogens is 1. The summed E-state index contributed by atoms with van der Waals surface area (Å²) in [5.41, 5.74) is 3.91. The van der Waals surface area contributed by atoms with E-state index in [0.717, 1.165) is 23.7 Å². The van der Waals surface area contributed by atoms with E-state index < -0.39 is 0 Å². The van der Waals surface area contributed by atoms with Gasteiger partial charge in [0.25, 0.3) is 0 Å². The lowest BCUT2D eigenvalue weighted by molar-refractivity contribution is 0.479. The molecule has 1 heterocycles. The molecule has 3 heteroatoms. The number of benzene rings is 1. The van der Waals surface area contributed by atoms with E-state index in [2.05, 4.69) is 22.4 Å². The van der Waals surface area contributed by atoms with E-state index in [1.807, 2.05) is 25.2 Å². The van der Waals surface area contributed by atoms with Gasteiger partial charge in [-0.1, -0.05) is 6.07 Å². The molecule has 0 saturated heterocycles. The van der Waals surface area contributed by atoms with Crippen molar-refractivity contribution in [1.82, 2.24) is 10.3 Å². The highest BCUT2D eigenvalue weighted by atomic mass is 16.5. The van der Waals surface area contributed by atoms with Crippen LogP contribution in [0.5, 0.6) is 11.5 Å². The van der Waals surface area contributed by atoms with Crippen LogP contribution in [-0.4, -0.2) is 12.0 Å². The molecule has 0 amide bonds. The monoisotopic (exact) mass is 254 g/mol. The lowest BCUT2D eigenvalue weighted by atomic mass is 10.1. The van der Waals surface area contributed by atoms with Crippen LogP contribution in [0.2, 0.25) is 0 Å². The molecular formula is C16H18N2O. The summed E-state index contributed by atoms with van der Waals surface area (Å²) in [5, 5.41) is 3.08. The van der Waals surface area contributed by atoms with Gasteiger partial charge in [-0.3, -0.25) is 4.98 Å². The third-order valence-electron chi connectivity index (χ3n) is 3.46. The summed E-state index contributed by atoms with van der Waals surface area (Å²) in [4.78, 5) is 4.35. The molecule has 1 N–H and O–H groups in total. The molecule has 0 bridgehead atoms. The predicted octanol–water partition coefficient (Wildman–Crippen LogP) is 3.08. The molecule has 1 aliphatic carbocycles. The van der Waals surface area contributed by atoms with E-state index in [1.165, 1.54) is 30.4 Å². The quantitative estimate of drug-likeness (QED) is 0.910. The van der Waals surface area contributed by atoms with E-state index >= 15 is 0 Å². The van der Waals surface area contributed by atoms with Crippen molar-refractivity contribution in [2.24, 2.45) is 0 Å². The SMILES string of the molecule is CNCc1ccc(Oc2ccc3c(c2)CCC3)cn1.